The Kier molecular flexibility index (Phi) is 3.00. The molecule has 0 saturated heterocycles. The van der Waals surface area contributed by atoms with Crippen molar-refractivity contribution in [2.75, 3.05) is 0 Å². The number of fused-ring (bicyclic) bond motifs is 1. The summed E-state index contributed by atoms with van der Waals surface area (Å²) >= 11 is 0. The van der Waals surface area contributed by atoms with Gasteiger partial charge in [0.15, 0.2) is 0 Å². The molecule has 2 aromatic rings. The maximum absolute atomic E-state index is 11.1. The summed E-state index contributed by atoms with van der Waals surface area (Å²) in [5, 5.41) is 2.33. The van der Waals surface area contributed by atoms with E-state index in [1.165, 1.54) is 5.39 Å². The number of pyridine rings is 1. The summed E-state index contributed by atoms with van der Waals surface area (Å²) in [5.74, 6) is 0.455. The molecule has 0 spiro atoms. The Morgan fingerprint density at radius 1 is 1.31 bits per heavy atom. The van der Waals surface area contributed by atoms with Crippen LogP contribution in [0.5, 0.6) is 0 Å². The number of hydrogen-bond acceptors (Lipinski definition) is 2. The van der Waals surface area contributed by atoms with Gasteiger partial charge in [-0.1, -0.05) is 31.2 Å². The Hall–Kier alpha value is -1.70. The summed E-state index contributed by atoms with van der Waals surface area (Å²) in [7, 11) is 0. The monoisotopic (exact) mass is 213 g/mol. The average Bonchev–Trinajstić information content (AvgIpc) is 2.27. The number of aromatic nitrogens is 1. The van der Waals surface area contributed by atoms with Crippen LogP contribution in [0.1, 0.15) is 31.7 Å². The van der Waals surface area contributed by atoms with Crippen molar-refractivity contribution < 1.29 is 4.79 Å². The molecule has 0 N–H and O–H groups in total. The van der Waals surface area contributed by atoms with E-state index in [1.807, 2.05) is 30.6 Å². The molecular weight excluding hydrogens is 198 g/mol. The van der Waals surface area contributed by atoms with Gasteiger partial charge in [0.25, 0.3) is 0 Å². The maximum Gasteiger partial charge on any atom is 0.130 e. The fourth-order valence-corrected chi connectivity index (χ4v) is 2.07. The second kappa shape index (κ2) is 4.44. The van der Waals surface area contributed by atoms with Gasteiger partial charge in [0, 0.05) is 24.2 Å². The minimum atomic E-state index is 0.223. The van der Waals surface area contributed by atoms with Crippen molar-refractivity contribution in [2.45, 2.75) is 26.2 Å². The molecule has 1 unspecified atom stereocenters. The SMILES string of the molecule is CC(=O)CC(C)c1cncc2ccccc12. The summed E-state index contributed by atoms with van der Waals surface area (Å²) < 4.78 is 0. The molecule has 0 amide bonds. The Bertz CT molecular complexity index is 514. The first-order valence-corrected chi connectivity index (χ1v) is 5.50. The fourth-order valence-electron chi connectivity index (χ4n) is 2.07. The van der Waals surface area contributed by atoms with Gasteiger partial charge in [-0.3, -0.25) is 4.98 Å². The van der Waals surface area contributed by atoms with Crippen LogP contribution in [0.25, 0.3) is 10.8 Å². The third-order valence-corrected chi connectivity index (χ3v) is 2.82. The molecule has 0 bridgehead atoms. The summed E-state index contributed by atoms with van der Waals surface area (Å²) in [4.78, 5) is 15.4. The first kappa shape index (κ1) is 10.8. The van der Waals surface area contributed by atoms with Crippen LogP contribution in [0.2, 0.25) is 0 Å². The van der Waals surface area contributed by atoms with Crippen LogP contribution in [0, 0.1) is 0 Å². The lowest BCUT2D eigenvalue weighted by Crippen LogP contribution is -2.01. The number of carbonyl (C=O) groups excluding carboxylic acids is 1. The van der Waals surface area contributed by atoms with Crippen molar-refractivity contribution >= 4 is 16.6 Å². The molecule has 2 nitrogen and oxygen atoms in total. The van der Waals surface area contributed by atoms with E-state index >= 15 is 0 Å². The molecular formula is C14H15NO. The molecule has 2 heteroatoms. The van der Waals surface area contributed by atoms with Crippen molar-refractivity contribution in [3.8, 4) is 0 Å². The number of carbonyl (C=O) groups is 1. The van der Waals surface area contributed by atoms with Gasteiger partial charge in [-0.25, -0.2) is 0 Å². The smallest absolute Gasteiger partial charge is 0.130 e. The number of nitrogens with zero attached hydrogens (tertiary/aromatic N) is 1. The summed E-state index contributed by atoms with van der Waals surface area (Å²) in [6.45, 7) is 3.71. The van der Waals surface area contributed by atoms with Crippen LogP contribution in [0.15, 0.2) is 36.7 Å². The zero-order chi connectivity index (χ0) is 11.5. The number of hydrogen-bond donors (Lipinski definition) is 0. The van der Waals surface area contributed by atoms with Gasteiger partial charge in [-0.05, 0) is 23.8 Å². The first-order valence-electron chi connectivity index (χ1n) is 5.50. The van der Waals surface area contributed by atoms with Gasteiger partial charge in [-0.15, -0.1) is 0 Å². The third kappa shape index (κ3) is 2.11. The van der Waals surface area contributed by atoms with E-state index in [4.69, 9.17) is 0 Å². The second-order valence-corrected chi connectivity index (χ2v) is 4.26. The summed E-state index contributed by atoms with van der Waals surface area (Å²) in [5.41, 5.74) is 1.16. The lowest BCUT2D eigenvalue weighted by molar-refractivity contribution is -0.117. The molecule has 82 valence electrons. The largest absolute Gasteiger partial charge is 0.300 e. The Balaban J connectivity index is 2.47. The van der Waals surface area contributed by atoms with Crippen LogP contribution < -0.4 is 0 Å². The third-order valence-electron chi connectivity index (χ3n) is 2.82. The van der Waals surface area contributed by atoms with Crippen LogP contribution >= 0.6 is 0 Å². The number of Topliss-reactive ketones (excluding diaryl/α,β-unsaturated/α-hetero) is 1. The topological polar surface area (TPSA) is 30.0 Å². The molecule has 0 radical (unpaired) electrons. The maximum atomic E-state index is 11.1. The second-order valence-electron chi connectivity index (χ2n) is 4.26. The van der Waals surface area contributed by atoms with Gasteiger partial charge in [0.1, 0.15) is 5.78 Å². The van der Waals surface area contributed by atoms with Gasteiger partial charge >= 0.3 is 0 Å². The Labute approximate surface area is 95.3 Å². The highest BCUT2D eigenvalue weighted by atomic mass is 16.1. The summed E-state index contributed by atoms with van der Waals surface area (Å²) in [6, 6.07) is 8.16. The van der Waals surface area contributed by atoms with E-state index in [-0.39, 0.29) is 11.7 Å². The van der Waals surface area contributed by atoms with E-state index in [0.717, 1.165) is 10.9 Å². The van der Waals surface area contributed by atoms with Gasteiger partial charge in [0.05, 0.1) is 0 Å². The standard InChI is InChI=1S/C14H15NO/c1-10(7-11(2)16)14-9-15-8-12-5-3-4-6-13(12)14/h3-6,8-10H,7H2,1-2H3. The van der Waals surface area contributed by atoms with E-state index in [1.54, 1.807) is 6.92 Å². The van der Waals surface area contributed by atoms with Gasteiger partial charge in [-0.2, -0.15) is 0 Å². The van der Waals surface area contributed by atoms with Crippen molar-refractivity contribution in [3.63, 3.8) is 0 Å². The molecule has 16 heavy (non-hydrogen) atoms. The lowest BCUT2D eigenvalue weighted by Gasteiger charge is -2.12. The summed E-state index contributed by atoms with van der Waals surface area (Å²) in [6.07, 6.45) is 4.31. The van der Waals surface area contributed by atoms with Crippen LogP contribution in [0.3, 0.4) is 0 Å². The normalized spacial score (nSPS) is 12.6. The lowest BCUT2D eigenvalue weighted by atomic mass is 9.93. The molecule has 1 atom stereocenters. The highest BCUT2D eigenvalue weighted by molar-refractivity contribution is 5.86. The fraction of sp³-hybridized carbons (Fsp3) is 0.286. The van der Waals surface area contributed by atoms with Crippen molar-refractivity contribution in [2.24, 2.45) is 0 Å². The number of ketones is 1. The highest BCUT2D eigenvalue weighted by Gasteiger charge is 2.11. The predicted octanol–water partition coefficient (Wildman–Crippen LogP) is 3.32. The molecule has 0 fully saturated rings. The molecule has 2 rings (SSSR count). The van der Waals surface area contributed by atoms with E-state index < -0.39 is 0 Å². The minimum absolute atomic E-state index is 0.223. The number of benzene rings is 1. The zero-order valence-corrected chi connectivity index (χ0v) is 9.60. The van der Waals surface area contributed by atoms with E-state index in [9.17, 15) is 4.79 Å². The Morgan fingerprint density at radius 3 is 2.81 bits per heavy atom. The molecule has 0 saturated carbocycles. The van der Waals surface area contributed by atoms with Crippen molar-refractivity contribution in [3.05, 3.63) is 42.2 Å². The van der Waals surface area contributed by atoms with Crippen molar-refractivity contribution in [1.82, 2.24) is 4.98 Å². The average molecular weight is 213 g/mol. The predicted molar refractivity (Wildman–Crippen MR) is 65.5 cm³/mol. The number of rotatable bonds is 3. The minimum Gasteiger partial charge on any atom is -0.300 e. The van der Waals surface area contributed by atoms with Crippen LogP contribution in [-0.4, -0.2) is 10.8 Å². The van der Waals surface area contributed by atoms with Gasteiger partial charge in [0.2, 0.25) is 0 Å². The van der Waals surface area contributed by atoms with E-state index in [2.05, 4.69) is 18.0 Å². The zero-order valence-electron chi connectivity index (χ0n) is 9.60. The van der Waals surface area contributed by atoms with Crippen molar-refractivity contribution in [1.29, 1.82) is 0 Å². The molecule has 1 aromatic carbocycles. The molecule has 1 heterocycles. The molecule has 0 aliphatic heterocycles. The van der Waals surface area contributed by atoms with Crippen LogP contribution in [0.4, 0.5) is 0 Å². The quantitative estimate of drug-likeness (QED) is 0.782. The highest BCUT2D eigenvalue weighted by Crippen LogP contribution is 2.26. The molecule has 0 aliphatic carbocycles. The van der Waals surface area contributed by atoms with E-state index in [0.29, 0.717) is 6.42 Å². The first-order chi connectivity index (χ1) is 7.68. The molecule has 0 aliphatic rings. The Morgan fingerprint density at radius 2 is 2.06 bits per heavy atom. The van der Waals surface area contributed by atoms with Crippen LogP contribution in [-0.2, 0) is 4.79 Å². The molecule has 1 aromatic heterocycles. The van der Waals surface area contributed by atoms with Gasteiger partial charge < -0.3 is 4.79 Å².